The van der Waals surface area contributed by atoms with Crippen LogP contribution in [0.3, 0.4) is 0 Å². The molecule has 0 fully saturated rings. The second-order valence-corrected chi connectivity index (χ2v) is 7.30. The van der Waals surface area contributed by atoms with E-state index in [-0.39, 0.29) is 5.91 Å². The zero-order chi connectivity index (χ0) is 18.0. The van der Waals surface area contributed by atoms with E-state index in [1.54, 1.807) is 10.9 Å². The van der Waals surface area contributed by atoms with E-state index in [0.29, 0.717) is 10.7 Å². The highest BCUT2D eigenvalue weighted by atomic mass is 32.1. The van der Waals surface area contributed by atoms with Gasteiger partial charge in [-0.2, -0.15) is 5.10 Å². The van der Waals surface area contributed by atoms with Crippen molar-refractivity contribution in [2.75, 3.05) is 5.32 Å². The van der Waals surface area contributed by atoms with Crippen molar-refractivity contribution in [2.24, 2.45) is 7.05 Å². The molecule has 0 saturated heterocycles. The Bertz CT molecular complexity index is 893. The maximum atomic E-state index is 12.4. The zero-order valence-corrected chi connectivity index (χ0v) is 15.8. The van der Waals surface area contributed by atoms with E-state index in [1.807, 2.05) is 20.9 Å². The van der Waals surface area contributed by atoms with Gasteiger partial charge >= 0.3 is 0 Å². The molecule has 25 heavy (non-hydrogen) atoms. The number of hydrogen-bond acceptors (Lipinski definition) is 4. The highest BCUT2D eigenvalue weighted by molar-refractivity contribution is 7.16. The number of anilines is 1. The van der Waals surface area contributed by atoms with Gasteiger partial charge in [0.25, 0.3) is 5.91 Å². The predicted octanol–water partition coefficient (Wildman–Crippen LogP) is 4.37. The van der Waals surface area contributed by atoms with Crippen LogP contribution in [0.25, 0.3) is 11.3 Å². The molecule has 0 aliphatic carbocycles. The number of carbonyl (C=O) groups is 1. The zero-order valence-electron chi connectivity index (χ0n) is 15.0. The second kappa shape index (κ2) is 7.19. The summed E-state index contributed by atoms with van der Waals surface area (Å²) in [6, 6.07) is 8.50. The number of benzene rings is 1. The molecule has 1 N–H and O–H groups in total. The summed E-state index contributed by atoms with van der Waals surface area (Å²) >= 11 is 1.49. The summed E-state index contributed by atoms with van der Waals surface area (Å²) in [4.78, 5) is 18.1. The lowest BCUT2D eigenvalue weighted by Gasteiger charge is -2.02. The average molecular weight is 354 g/mol. The van der Waals surface area contributed by atoms with Crippen LogP contribution in [0, 0.1) is 13.8 Å². The summed E-state index contributed by atoms with van der Waals surface area (Å²) in [5, 5.41) is 7.61. The first-order valence-corrected chi connectivity index (χ1v) is 9.18. The molecule has 3 aromatic rings. The largest absolute Gasteiger partial charge is 0.298 e. The maximum absolute atomic E-state index is 12.4. The lowest BCUT2D eigenvalue weighted by molar-refractivity contribution is 0.102. The summed E-state index contributed by atoms with van der Waals surface area (Å²) in [5.74, 6) is -0.177. The van der Waals surface area contributed by atoms with Gasteiger partial charge in [0.15, 0.2) is 5.13 Å². The number of aryl methyl sites for hydroxylation is 3. The minimum absolute atomic E-state index is 0.177. The van der Waals surface area contributed by atoms with Crippen LogP contribution in [0.15, 0.2) is 30.5 Å². The Hall–Kier alpha value is -2.47. The molecule has 0 aliphatic heterocycles. The molecule has 1 aromatic carbocycles. The van der Waals surface area contributed by atoms with Crippen LogP contribution in [0.2, 0.25) is 0 Å². The molecular formula is C19H22N4OS. The maximum Gasteiger partial charge on any atom is 0.260 e. The molecule has 0 radical (unpaired) electrons. The van der Waals surface area contributed by atoms with E-state index in [1.165, 1.54) is 16.9 Å². The molecule has 0 spiro atoms. The number of thiazole rings is 1. The third-order valence-corrected chi connectivity index (χ3v) is 5.15. The highest BCUT2D eigenvalue weighted by Crippen LogP contribution is 2.31. The lowest BCUT2D eigenvalue weighted by Crippen LogP contribution is -2.12. The SMILES string of the molecule is CCCc1ccc(-c2nc(NC(=O)c3cnn(C)c3C)sc2C)cc1. The Kier molecular flexibility index (Phi) is 4.99. The molecule has 0 unspecified atom stereocenters. The van der Waals surface area contributed by atoms with Gasteiger partial charge in [-0.1, -0.05) is 37.6 Å². The average Bonchev–Trinajstić information content (AvgIpc) is 3.11. The number of nitrogens with zero attached hydrogens (tertiary/aromatic N) is 3. The molecule has 0 bridgehead atoms. The third-order valence-electron chi connectivity index (χ3n) is 4.26. The monoisotopic (exact) mass is 354 g/mol. The van der Waals surface area contributed by atoms with Gasteiger partial charge in [0, 0.05) is 23.2 Å². The highest BCUT2D eigenvalue weighted by Gasteiger charge is 2.16. The van der Waals surface area contributed by atoms with Crippen molar-refractivity contribution in [1.82, 2.24) is 14.8 Å². The lowest BCUT2D eigenvalue weighted by atomic mass is 10.1. The van der Waals surface area contributed by atoms with Gasteiger partial charge in [0.05, 0.1) is 17.5 Å². The Labute approximate surface area is 151 Å². The van der Waals surface area contributed by atoms with E-state index in [0.717, 1.165) is 34.7 Å². The number of aromatic nitrogens is 3. The van der Waals surface area contributed by atoms with Gasteiger partial charge < -0.3 is 0 Å². The minimum atomic E-state index is -0.177. The fourth-order valence-corrected chi connectivity index (χ4v) is 3.55. The molecule has 0 atom stereocenters. The molecule has 0 aliphatic rings. The van der Waals surface area contributed by atoms with Crippen LogP contribution >= 0.6 is 11.3 Å². The molecule has 0 saturated carbocycles. The Balaban J connectivity index is 1.80. The molecule has 6 heteroatoms. The molecule has 1 amide bonds. The smallest absolute Gasteiger partial charge is 0.260 e. The van der Waals surface area contributed by atoms with Crippen LogP contribution in [0.1, 0.15) is 39.8 Å². The van der Waals surface area contributed by atoms with Crippen molar-refractivity contribution in [1.29, 1.82) is 0 Å². The van der Waals surface area contributed by atoms with E-state index in [4.69, 9.17) is 0 Å². The summed E-state index contributed by atoms with van der Waals surface area (Å²) in [6.45, 7) is 6.08. The molecular weight excluding hydrogens is 332 g/mol. The number of hydrogen-bond donors (Lipinski definition) is 1. The number of amides is 1. The first-order valence-electron chi connectivity index (χ1n) is 8.36. The molecule has 5 nitrogen and oxygen atoms in total. The van der Waals surface area contributed by atoms with Gasteiger partial charge in [-0.15, -0.1) is 11.3 Å². The van der Waals surface area contributed by atoms with Crippen LogP contribution in [-0.2, 0) is 13.5 Å². The van der Waals surface area contributed by atoms with Crippen molar-refractivity contribution in [2.45, 2.75) is 33.6 Å². The van der Waals surface area contributed by atoms with E-state index < -0.39 is 0 Å². The van der Waals surface area contributed by atoms with E-state index >= 15 is 0 Å². The first-order chi connectivity index (χ1) is 12.0. The van der Waals surface area contributed by atoms with E-state index in [2.05, 4.69) is 46.6 Å². The fraction of sp³-hybridized carbons (Fsp3) is 0.316. The van der Waals surface area contributed by atoms with Crippen molar-refractivity contribution in [3.8, 4) is 11.3 Å². The standard InChI is InChI=1S/C19H22N4OS/c1-5-6-14-7-9-15(10-8-14)17-13(3)25-19(21-17)22-18(24)16-11-20-23(4)12(16)2/h7-11H,5-6H2,1-4H3,(H,21,22,24). The normalized spacial score (nSPS) is 10.9. The third kappa shape index (κ3) is 3.64. The van der Waals surface area contributed by atoms with Crippen molar-refractivity contribution < 1.29 is 4.79 Å². The second-order valence-electron chi connectivity index (χ2n) is 6.09. The number of rotatable bonds is 5. The van der Waals surface area contributed by atoms with E-state index in [9.17, 15) is 4.79 Å². The van der Waals surface area contributed by atoms with Crippen LogP contribution in [-0.4, -0.2) is 20.7 Å². The topological polar surface area (TPSA) is 59.8 Å². The summed E-state index contributed by atoms with van der Waals surface area (Å²) in [7, 11) is 1.82. The quantitative estimate of drug-likeness (QED) is 0.740. The van der Waals surface area contributed by atoms with Gasteiger partial charge in [0.1, 0.15) is 0 Å². The Morgan fingerprint density at radius 3 is 2.56 bits per heavy atom. The van der Waals surface area contributed by atoms with Gasteiger partial charge in [-0.3, -0.25) is 14.8 Å². The number of carbonyl (C=O) groups excluding carboxylic acids is 1. The van der Waals surface area contributed by atoms with Crippen molar-refractivity contribution in [3.05, 3.63) is 52.2 Å². The predicted molar refractivity (Wildman–Crippen MR) is 102 cm³/mol. The molecule has 3 rings (SSSR count). The summed E-state index contributed by atoms with van der Waals surface area (Å²) in [5.41, 5.74) is 4.73. The minimum Gasteiger partial charge on any atom is -0.298 e. The van der Waals surface area contributed by atoms with Crippen LogP contribution in [0.4, 0.5) is 5.13 Å². The first kappa shape index (κ1) is 17.4. The summed E-state index contributed by atoms with van der Waals surface area (Å²) in [6.07, 6.45) is 3.81. The van der Waals surface area contributed by atoms with Crippen LogP contribution in [0.5, 0.6) is 0 Å². The molecule has 130 valence electrons. The fourth-order valence-electron chi connectivity index (χ4n) is 2.72. The molecule has 2 heterocycles. The van der Waals surface area contributed by atoms with Crippen molar-refractivity contribution in [3.63, 3.8) is 0 Å². The Morgan fingerprint density at radius 2 is 1.96 bits per heavy atom. The van der Waals surface area contributed by atoms with Crippen molar-refractivity contribution >= 4 is 22.4 Å². The Morgan fingerprint density at radius 1 is 1.24 bits per heavy atom. The van der Waals surface area contributed by atoms with Gasteiger partial charge in [-0.05, 0) is 25.8 Å². The summed E-state index contributed by atoms with van der Waals surface area (Å²) < 4.78 is 1.69. The van der Waals surface area contributed by atoms with Crippen LogP contribution < -0.4 is 5.32 Å². The van der Waals surface area contributed by atoms with Gasteiger partial charge in [-0.25, -0.2) is 4.98 Å². The number of nitrogens with one attached hydrogen (secondary N) is 1. The molecule has 2 aromatic heterocycles. The van der Waals surface area contributed by atoms with Gasteiger partial charge in [0.2, 0.25) is 0 Å².